The van der Waals surface area contributed by atoms with Crippen molar-refractivity contribution in [3.05, 3.63) is 83.4 Å². The lowest BCUT2D eigenvalue weighted by atomic mass is 9.68. The SMILES string of the molecule is CCCCCC1(Cl)CCCCC1C(C)c1c(F)c(F)c(-c2ccc(-c3ccccc3)cc2)c(F)c1F. The molecule has 0 spiro atoms. The van der Waals surface area contributed by atoms with Crippen LogP contribution >= 0.6 is 11.6 Å². The molecule has 0 radical (unpaired) electrons. The van der Waals surface area contributed by atoms with Crippen molar-refractivity contribution in [1.29, 1.82) is 0 Å². The maximum Gasteiger partial charge on any atom is 0.170 e. The molecule has 5 heteroatoms. The Balaban J connectivity index is 1.69. The molecular weight excluding hydrogens is 484 g/mol. The fourth-order valence-corrected chi connectivity index (χ4v) is 6.43. The van der Waals surface area contributed by atoms with Gasteiger partial charge in [0.15, 0.2) is 23.3 Å². The summed E-state index contributed by atoms with van der Waals surface area (Å²) in [6, 6.07) is 15.9. The van der Waals surface area contributed by atoms with Gasteiger partial charge in [-0.05, 0) is 47.8 Å². The van der Waals surface area contributed by atoms with E-state index in [-0.39, 0.29) is 11.5 Å². The molecule has 0 bridgehead atoms. The van der Waals surface area contributed by atoms with E-state index in [1.165, 1.54) is 12.1 Å². The summed E-state index contributed by atoms with van der Waals surface area (Å²) in [6.45, 7) is 3.76. The predicted molar refractivity (Wildman–Crippen MR) is 140 cm³/mol. The van der Waals surface area contributed by atoms with E-state index in [9.17, 15) is 0 Å². The highest BCUT2D eigenvalue weighted by Gasteiger charge is 2.44. The van der Waals surface area contributed by atoms with Gasteiger partial charge in [0.2, 0.25) is 0 Å². The summed E-state index contributed by atoms with van der Waals surface area (Å²) in [5.74, 6) is -6.36. The Morgan fingerprint density at radius 3 is 2.00 bits per heavy atom. The van der Waals surface area contributed by atoms with Crippen LogP contribution < -0.4 is 0 Å². The summed E-state index contributed by atoms with van der Waals surface area (Å²) < 4.78 is 61.7. The minimum Gasteiger partial charge on any atom is -0.203 e. The van der Waals surface area contributed by atoms with Gasteiger partial charge in [0.05, 0.1) is 5.56 Å². The third kappa shape index (κ3) is 5.20. The summed E-state index contributed by atoms with van der Waals surface area (Å²) in [4.78, 5) is -0.620. The summed E-state index contributed by atoms with van der Waals surface area (Å²) >= 11 is 7.07. The van der Waals surface area contributed by atoms with Gasteiger partial charge in [-0.3, -0.25) is 0 Å². The van der Waals surface area contributed by atoms with Crippen LogP contribution in [-0.2, 0) is 0 Å². The molecule has 36 heavy (non-hydrogen) atoms. The van der Waals surface area contributed by atoms with E-state index in [2.05, 4.69) is 6.92 Å². The minimum absolute atomic E-state index is 0.0885. The Labute approximate surface area is 216 Å². The number of hydrogen-bond acceptors (Lipinski definition) is 0. The molecule has 3 aromatic rings. The number of hydrogen-bond donors (Lipinski definition) is 0. The van der Waals surface area contributed by atoms with Gasteiger partial charge in [0.25, 0.3) is 0 Å². The topological polar surface area (TPSA) is 0 Å². The average molecular weight is 517 g/mol. The number of unbranched alkanes of at least 4 members (excludes halogenated alkanes) is 2. The molecule has 1 aliphatic rings. The first-order valence-corrected chi connectivity index (χ1v) is 13.4. The monoisotopic (exact) mass is 516 g/mol. The zero-order valence-corrected chi connectivity index (χ0v) is 21.7. The lowest BCUT2D eigenvalue weighted by molar-refractivity contribution is 0.212. The highest BCUT2D eigenvalue weighted by molar-refractivity contribution is 6.24. The Kier molecular flexibility index (Phi) is 8.44. The van der Waals surface area contributed by atoms with Crippen LogP contribution in [0.5, 0.6) is 0 Å². The second-order valence-corrected chi connectivity index (χ2v) is 10.9. The van der Waals surface area contributed by atoms with Crippen molar-refractivity contribution in [3.63, 3.8) is 0 Å². The van der Waals surface area contributed by atoms with E-state index < -0.39 is 45.2 Å². The highest BCUT2D eigenvalue weighted by Crippen LogP contribution is 2.50. The molecule has 0 nitrogen and oxygen atoms in total. The molecule has 3 unspecified atom stereocenters. The van der Waals surface area contributed by atoms with Crippen molar-refractivity contribution in [2.75, 3.05) is 0 Å². The van der Waals surface area contributed by atoms with Crippen molar-refractivity contribution in [1.82, 2.24) is 0 Å². The largest absolute Gasteiger partial charge is 0.203 e. The number of alkyl halides is 1. The first-order valence-electron chi connectivity index (χ1n) is 13.0. The Hall–Kier alpha value is -2.33. The van der Waals surface area contributed by atoms with Crippen LogP contribution in [-0.4, -0.2) is 4.87 Å². The Morgan fingerprint density at radius 2 is 1.39 bits per heavy atom. The minimum atomic E-state index is -1.36. The van der Waals surface area contributed by atoms with Gasteiger partial charge >= 0.3 is 0 Å². The molecular formula is C31H33ClF4. The maximum atomic E-state index is 15.5. The normalized spacial score (nSPS) is 20.9. The molecule has 1 saturated carbocycles. The maximum absolute atomic E-state index is 15.5. The van der Waals surface area contributed by atoms with Gasteiger partial charge in [0.1, 0.15) is 0 Å². The second kappa shape index (κ2) is 11.4. The highest BCUT2D eigenvalue weighted by atomic mass is 35.5. The molecule has 0 aliphatic heterocycles. The van der Waals surface area contributed by atoms with Gasteiger partial charge < -0.3 is 0 Å². The fourth-order valence-electron chi connectivity index (χ4n) is 5.87. The molecule has 0 heterocycles. The van der Waals surface area contributed by atoms with Crippen LogP contribution in [0.1, 0.15) is 76.7 Å². The van der Waals surface area contributed by atoms with Gasteiger partial charge in [-0.15, -0.1) is 11.6 Å². The van der Waals surface area contributed by atoms with Crippen LogP contribution in [0.2, 0.25) is 0 Å². The van der Waals surface area contributed by atoms with E-state index in [1.54, 1.807) is 19.1 Å². The first kappa shape index (κ1) is 26.7. The Bertz CT molecular complexity index is 1150. The van der Waals surface area contributed by atoms with Crippen LogP contribution in [0.25, 0.3) is 22.3 Å². The van der Waals surface area contributed by atoms with Crippen LogP contribution in [0.3, 0.4) is 0 Å². The Morgan fingerprint density at radius 1 is 0.806 bits per heavy atom. The summed E-state index contributed by atoms with van der Waals surface area (Å²) in [5.41, 5.74) is 0.657. The molecule has 3 atom stereocenters. The van der Waals surface area contributed by atoms with Crippen molar-refractivity contribution < 1.29 is 17.6 Å². The third-order valence-corrected chi connectivity index (χ3v) is 8.51. The molecule has 0 aromatic heterocycles. The quantitative estimate of drug-likeness (QED) is 0.121. The number of benzene rings is 3. The van der Waals surface area contributed by atoms with Crippen molar-refractivity contribution >= 4 is 11.6 Å². The first-order chi connectivity index (χ1) is 17.3. The van der Waals surface area contributed by atoms with Gasteiger partial charge in [-0.1, -0.05) is 101 Å². The van der Waals surface area contributed by atoms with E-state index >= 15 is 17.6 Å². The summed E-state index contributed by atoms with van der Waals surface area (Å²) in [6.07, 6.45) is 6.99. The van der Waals surface area contributed by atoms with Crippen LogP contribution in [0, 0.1) is 29.2 Å². The van der Waals surface area contributed by atoms with E-state index in [1.807, 2.05) is 30.3 Å². The average Bonchev–Trinajstić information content (AvgIpc) is 2.89. The molecule has 4 rings (SSSR count). The van der Waals surface area contributed by atoms with Gasteiger partial charge in [-0.25, -0.2) is 17.6 Å². The molecule has 0 N–H and O–H groups in total. The fraction of sp³-hybridized carbons (Fsp3) is 0.419. The van der Waals surface area contributed by atoms with Crippen molar-refractivity contribution in [2.24, 2.45) is 5.92 Å². The zero-order chi connectivity index (χ0) is 25.9. The summed E-state index contributed by atoms with van der Waals surface area (Å²) in [5, 5.41) is 0. The van der Waals surface area contributed by atoms with E-state index in [0.717, 1.165) is 56.1 Å². The van der Waals surface area contributed by atoms with Gasteiger partial charge in [0, 0.05) is 10.4 Å². The van der Waals surface area contributed by atoms with Crippen LogP contribution in [0.15, 0.2) is 54.6 Å². The van der Waals surface area contributed by atoms with Gasteiger partial charge in [-0.2, -0.15) is 0 Å². The van der Waals surface area contributed by atoms with Crippen LogP contribution in [0.4, 0.5) is 17.6 Å². The van der Waals surface area contributed by atoms with Crippen molar-refractivity contribution in [2.45, 2.75) is 76.0 Å². The standard InChI is InChI=1S/C31H33ClF4/c1-3-4-9-18-31(32)19-10-8-13-24(31)20(2)25-27(33)29(35)26(30(36)28(25)34)23-16-14-22(15-17-23)21-11-6-5-7-12-21/h5-7,11-12,14-17,20,24H,3-4,8-10,13,18-19H2,1-2H3. The second-order valence-electron chi connectivity index (χ2n) is 10.1. The molecule has 192 valence electrons. The van der Waals surface area contributed by atoms with E-state index in [4.69, 9.17) is 11.6 Å². The summed E-state index contributed by atoms with van der Waals surface area (Å²) in [7, 11) is 0. The third-order valence-electron chi connectivity index (χ3n) is 7.85. The lowest BCUT2D eigenvalue weighted by Crippen LogP contribution is -2.39. The molecule has 1 fully saturated rings. The molecule has 0 amide bonds. The predicted octanol–water partition coefficient (Wildman–Crippen LogP) is 10.4. The number of rotatable bonds is 8. The lowest BCUT2D eigenvalue weighted by Gasteiger charge is -2.43. The van der Waals surface area contributed by atoms with Crippen molar-refractivity contribution in [3.8, 4) is 22.3 Å². The number of halogens is 5. The smallest absolute Gasteiger partial charge is 0.170 e. The molecule has 0 saturated heterocycles. The molecule has 1 aliphatic carbocycles. The van der Waals surface area contributed by atoms with E-state index in [0.29, 0.717) is 6.42 Å². The molecule has 3 aromatic carbocycles. The zero-order valence-electron chi connectivity index (χ0n) is 20.9.